The second-order valence-electron chi connectivity index (χ2n) is 10.2. The highest BCUT2D eigenvalue weighted by Crippen LogP contribution is 2.32. The fourth-order valence-electron chi connectivity index (χ4n) is 5.53. The molecular weight excluding hydrogens is 484 g/mol. The van der Waals surface area contributed by atoms with Gasteiger partial charge in [0.1, 0.15) is 11.3 Å². The van der Waals surface area contributed by atoms with Gasteiger partial charge in [0.15, 0.2) is 17.7 Å². The summed E-state index contributed by atoms with van der Waals surface area (Å²) in [7, 11) is 0. The van der Waals surface area contributed by atoms with Gasteiger partial charge in [0, 0.05) is 49.2 Å². The van der Waals surface area contributed by atoms with Crippen molar-refractivity contribution >= 4 is 17.0 Å². The van der Waals surface area contributed by atoms with E-state index < -0.39 is 0 Å². The van der Waals surface area contributed by atoms with Crippen LogP contribution >= 0.6 is 0 Å². The summed E-state index contributed by atoms with van der Waals surface area (Å²) in [6.45, 7) is 6.78. The van der Waals surface area contributed by atoms with E-state index in [4.69, 9.17) is 15.7 Å². The lowest BCUT2D eigenvalue weighted by molar-refractivity contribution is 0.0777. The molecule has 0 amide bonds. The zero-order valence-corrected chi connectivity index (χ0v) is 22.1. The first kappa shape index (κ1) is 24.6. The Bertz CT molecular complexity index is 1640. The second kappa shape index (κ2) is 10.2. The van der Waals surface area contributed by atoms with Gasteiger partial charge >= 0.3 is 0 Å². The highest BCUT2D eigenvalue weighted by atomic mass is 15.3. The molecule has 0 radical (unpaired) electrons. The van der Waals surface area contributed by atoms with Crippen molar-refractivity contribution in [2.24, 2.45) is 0 Å². The fourth-order valence-corrected chi connectivity index (χ4v) is 5.53. The van der Waals surface area contributed by atoms with Gasteiger partial charge in [-0.05, 0) is 55.8 Å². The van der Waals surface area contributed by atoms with Crippen LogP contribution in [0.2, 0.25) is 0 Å². The third-order valence-electron chi connectivity index (χ3n) is 7.36. The predicted molar refractivity (Wildman–Crippen MR) is 154 cm³/mol. The van der Waals surface area contributed by atoms with Gasteiger partial charge in [0.05, 0.1) is 11.3 Å². The van der Waals surface area contributed by atoms with Crippen LogP contribution in [0, 0.1) is 11.5 Å². The maximum atomic E-state index is 9.44. The Kier molecular flexibility index (Phi) is 6.43. The predicted octanol–water partition coefficient (Wildman–Crippen LogP) is 5.11. The Hall–Kier alpha value is -4.74. The van der Waals surface area contributed by atoms with Crippen molar-refractivity contribution in [1.82, 2.24) is 29.3 Å². The topological polar surface area (TPSA) is 99.9 Å². The maximum absolute atomic E-state index is 9.44. The quantitative estimate of drug-likeness (QED) is 0.326. The minimum atomic E-state index is 0.202. The van der Waals surface area contributed by atoms with E-state index in [0.29, 0.717) is 11.6 Å². The molecule has 4 heterocycles. The van der Waals surface area contributed by atoms with Crippen LogP contribution in [0.1, 0.15) is 19.4 Å². The van der Waals surface area contributed by atoms with Crippen molar-refractivity contribution < 1.29 is 0 Å². The Labute approximate surface area is 228 Å². The average molecular weight is 515 g/mol. The number of nitrogen functional groups attached to an aromatic ring is 1. The Morgan fingerprint density at radius 3 is 2.33 bits per heavy atom. The lowest BCUT2D eigenvalue weighted by Gasteiger charge is -2.41. The van der Waals surface area contributed by atoms with E-state index in [1.165, 1.54) is 5.56 Å². The molecule has 2 atom stereocenters. The molecule has 2 N–H and O–H groups in total. The highest BCUT2D eigenvalue weighted by molar-refractivity contribution is 5.84. The number of nitrogens with zero attached hydrogens (tertiary/aromatic N) is 7. The standard InChI is InChI=1S/C31H30N8/c1-21-17-37(18-22(2)38(21)20-32)19-23-10-12-25(13-11-23)39-30(26-9-6-16-34-29(26)33)36-28-15-14-27(35-31(28)39)24-7-4-3-5-8-24/h3-16,21-22H,17-19H2,1-2H3,(H2,33,34)/t21-,22-/m1/s1. The molecule has 1 fully saturated rings. The molecule has 194 valence electrons. The molecule has 0 aliphatic carbocycles. The second-order valence-corrected chi connectivity index (χ2v) is 10.2. The van der Waals surface area contributed by atoms with Crippen LogP contribution in [0.5, 0.6) is 0 Å². The number of rotatable bonds is 5. The van der Waals surface area contributed by atoms with Gasteiger partial charge < -0.3 is 10.6 Å². The van der Waals surface area contributed by atoms with Crippen LogP contribution in [0.3, 0.4) is 0 Å². The molecule has 0 saturated carbocycles. The van der Waals surface area contributed by atoms with Gasteiger partial charge in [0.25, 0.3) is 0 Å². The third-order valence-corrected chi connectivity index (χ3v) is 7.36. The Morgan fingerprint density at radius 2 is 1.64 bits per heavy atom. The van der Waals surface area contributed by atoms with Gasteiger partial charge in [0.2, 0.25) is 0 Å². The summed E-state index contributed by atoms with van der Waals surface area (Å²) >= 11 is 0. The summed E-state index contributed by atoms with van der Waals surface area (Å²) in [6, 6.07) is 26.9. The summed E-state index contributed by atoms with van der Waals surface area (Å²) in [4.78, 5) is 18.6. The lowest BCUT2D eigenvalue weighted by Crippen LogP contribution is -2.54. The Balaban J connectivity index is 1.39. The van der Waals surface area contributed by atoms with Crippen LogP contribution in [0.25, 0.3) is 39.5 Å². The zero-order chi connectivity index (χ0) is 26.9. The molecular formula is C31H30N8. The van der Waals surface area contributed by atoms with Crippen LogP contribution in [-0.2, 0) is 6.54 Å². The van der Waals surface area contributed by atoms with Crippen LogP contribution in [0.4, 0.5) is 5.82 Å². The number of fused-ring (bicyclic) bond motifs is 1. The SMILES string of the molecule is C[C@@H]1CN(Cc2ccc(-n3c(-c4cccnc4N)nc4ccc(-c5ccccc5)nc43)cc2)C[C@@H](C)N1C#N. The zero-order valence-electron chi connectivity index (χ0n) is 22.1. The maximum Gasteiger partial charge on any atom is 0.179 e. The van der Waals surface area contributed by atoms with Gasteiger partial charge in [-0.25, -0.2) is 15.0 Å². The number of imidazole rings is 1. The van der Waals surface area contributed by atoms with Gasteiger partial charge in [-0.1, -0.05) is 42.5 Å². The van der Waals surface area contributed by atoms with E-state index in [1.807, 2.05) is 47.4 Å². The molecule has 8 heteroatoms. The largest absolute Gasteiger partial charge is 0.383 e. The van der Waals surface area contributed by atoms with Crippen molar-refractivity contribution in [2.45, 2.75) is 32.5 Å². The first-order valence-electron chi connectivity index (χ1n) is 13.2. The smallest absolute Gasteiger partial charge is 0.179 e. The molecule has 39 heavy (non-hydrogen) atoms. The number of nitrogens with two attached hydrogens (primary N) is 1. The van der Waals surface area contributed by atoms with Crippen molar-refractivity contribution in [3.63, 3.8) is 0 Å². The van der Waals surface area contributed by atoms with Gasteiger partial charge in [-0.15, -0.1) is 0 Å². The number of hydrogen-bond acceptors (Lipinski definition) is 7. The number of pyridine rings is 2. The number of hydrogen-bond donors (Lipinski definition) is 1. The number of benzene rings is 2. The first-order chi connectivity index (χ1) is 19.0. The fraction of sp³-hybridized carbons (Fsp3) is 0.226. The summed E-state index contributed by atoms with van der Waals surface area (Å²) in [6.07, 6.45) is 4.03. The van der Waals surface area contributed by atoms with Gasteiger partial charge in [-0.3, -0.25) is 9.47 Å². The molecule has 2 aromatic carbocycles. The highest BCUT2D eigenvalue weighted by Gasteiger charge is 2.28. The molecule has 0 unspecified atom stereocenters. The number of piperazine rings is 1. The molecule has 1 aliphatic heterocycles. The van der Waals surface area contributed by atoms with Crippen molar-refractivity contribution in [2.75, 3.05) is 18.8 Å². The van der Waals surface area contributed by atoms with E-state index in [-0.39, 0.29) is 12.1 Å². The minimum Gasteiger partial charge on any atom is -0.383 e. The first-order valence-corrected chi connectivity index (χ1v) is 13.2. The molecule has 5 aromatic rings. The van der Waals surface area contributed by atoms with E-state index in [1.54, 1.807) is 6.20 Å². The summed E-state index contributed by atoms with van der Waals surface area (Å²) in [5.74, 6) is 1.13. The summed E-state index contributed by atoms with van der Waals surface area (Å²) < 4.78 is 2.06. The normalized spacial score (nSPS) is 17.8. The lowest BCUT2D eigenvalue weighted by atomic mass is 10.1. The molecule has 8 nitrogen and oxygen atoms in total. The molecule has 1 saturated heterocycles. The van der Waals surface area contributed by atoms with E-state index in [0.717, 1.165) is 53.3 Å². The third kappa shape index (κ3) is 4.69. The van der Waals surface area contributed by atoms with Crippen molar-refractivity contribution in [1.29, 1.82) is 5.26 Å². The monoisotopic (exact) mass is 514 g/mol. The number of aromatic nitrogens is 4. The number of anilines is 1. The molecule has 0 spiro atoms. The molecule has 6 rings (SSSR count). The van der Waals surface area contributed by atoms with Crippen molar-refractivity contribution in [3.8, 4) is 34.5 Å². The summed E-state index contributed by atoms with van der Waals surface area (Å²) in [5.41, 5.74) is 12.7. The average Bonchev–Trinajstić information content (AvgIpc) is 3.32. The van der Waals surface area contributed by atoms with Crippen LogP contribution < -0.4 is 5.73 Å². The van der Waals surface area contributed by atoms with E-state index in [9.17, 15) is 5.26 Å². The van der Waals surface area contributed by atoms with Crippen molar-refractivity contribution in [3.05, 3.63) is 90.6 Å². The molecule has 1 aliphatic rings. The number of nitriles is 1. The molecule has 3 aromatic heterocycles. The van der Waals surface area contributed by atoms with Crippen LogP contribution in [0.15, 0.2) is 85.1 Å². The Morgan fingerprint density at radius 1 is 0.897 bits per heavy atom. The summed E-state index contributed by atoms with van der Waals surface area (Å²) in [5, 5.41) is 9.44. The van der Waals surface area contributed by atoms with Crippen LogP contribution in [-0.4, -0.2) is 54.5 Å². The minimum absolute atomic E-state index is 0.202. The van der Waals surface area contributed by atoms with E-state index >= 15 is 0 Å². The van der Waals surface area contributed by atoms with E-state index in [2.05, 4.69) is 70.9 Å². The van der Waals surface area contributed by atoms with Gasteiger partial charge in [-0.2, -0.15) is 5.26 Å². The molecule has 0 bridgehead atoms.